The lowest BCUT2D eigenvalue weighted by Gasteiger charge is -2.37. The molecule has 4 nitrogen and oxygen atoms in total. The van der Waals surface area contributed by atoms with Crippen molar-refractivity contribution in [3.8, 4) is 0 Å². The molecule has 0 aromatic heterocycles. The Kier molecular flexibility index (Phi) is 5.45. The predicted octanol–water partition coefficient (Wildman–Crippen LogP) is 1.17. The van der Waals surface area contributed by atoms with Gasteiger partial charge < -0.3 is 15.3 Å². The van der Waals surface area contributed by atoms with Crippen LogP contribution in [-0.2, 0) is 6.54 Å². The van der Waals surface area contributed by atoms with E-state index in [9.17, 15) is 0 Å². The topological polar surface area (TPSA) is 38.7 Å². The molecule has 106 valence electrons. The average Bonchev–Trinajstić information content (AvgIpc) is 2.41. The summed E-state index contributed by atoms with van der Waals surface area (Å²) in [6, 6.07) is 6.08. The van der Waals surface area contributed by atoms with Crippen molar-refractivity contribution in [2.24, 2.45) is 0 Å². The number of aliphatic hydroxyl groups excluding tert-OH is 1. The fraction of sp³-hybridized carbons (Fsp3) is 0.571. The first kappa shape index (κ1) is 14.6. The van der Waals surface area contributed by atoms with Gasteiger partial charge in [-0.2, -0.15) is 0 Å². The smallest absolute Gasteiger partial charge is 0.0642 e. The molecule has 0 radical (unpaired) electrons. The van der Waals surface area contributed by atoms with Crippen LogP contribution in [0, 0.1) is 0 Å². The number of benzene rings is 1. The molecule has 1 aromatic carbocycles. The van der Waals surface area contributed by atoms with Gasteiger partial charge in [0, 0.05) is 39.3 Å². The quantitative estimate of drug-likeness (QED) is 0.851. The van der Waals surface area contributed by atoms with E-state index in [0.29, 0.717) is 0 Å². The minimum Gasteiger partial charge on any atom is -0.395 e. The molecule has 0 saturated carbocycles. The van der Waals surface area contributed by atoms with Crippen LogP contribution in [0.25, 0.3) is 0 Å². The fourth-order valence-electron chi connectivity index (χ4n) is 2.58. The number of halogens is 1. The number of aliphatic hydroxyl groups is 1. The standard InChI is InChI=1S/C14H22ClN3O/c1-16-11-12-3-2-4-13(15)14(12)18-7-5-17(6-8-18)9-10-19/h2-4,16,19H,5-11H2,1H3. The summed E-state index contributed by atoms with van der Waals surface area (Å²) < 4.78 is 0. The molecule has 1 saturated heterocycles. The second-order valence-electron chi connectivity index (χ2n) is 4.83. The van der Waals surface area contributed by atoms with E-state index in [0.717, 1.165) is 50.0 Å². The van der Waals surface area contributed by atoms with Gasteiger partial charge in [0.25, 0.3) is 0 Å². The molecule has 0 bridgehead atoms. The molecule has 2 rings (SSSR count). The summed E-state index contributed by atoms with van der Waals surface area (Å²) in [6.45, 7) is 5.69. The third-order valence-electron chi connectivity index (χ3n) is 3.54. The lowest BCUT2D eigenvalue weighted by Crippen LogP contribution is -2.47. The Bertz CT molecular complexity index is 406. The highest BCUT2D eigenvalue weighted by Gasteiger charge is 2.20. The zero-order chi connectivity index (χ0) is 13.7. The molecule has 1 aliphatic heterocycles. The third-order valence-corrected chi connectivity index (χ3v) is 3.85. The molecule has 5 heteroatoms. The first-order chi connectivity index (χ1) is 9.26. The first-order valence-corrected chi connectivity index (χ1v) is 7.14. The molecule has 0 aliphatic carbocycles. The van der Waals surface area contributed by atoms with Gasteiger partial charge in [0.15, 0.2) is 0 Å². The molecule has 0 unspecified atom stereocenters. The van der Waals surface area contributed by atoms with Gasteiger partial charge in [0.05, 0.1) is 17.3 Å². The highest BCUT2D eigenvalue weighted by atomic mass is 35.5. The molecule has 1 heterocycles. The van der Waals surface area contributed by atoms with Gasteiger partial charge in [-0.05, 0) is 18.7 Å². The summed E-state index contributed by atoms with van der Waals surface area (Å²) >= 11 is 6.37. The van der Waals surface area contributed by atoms with Gasteiger partial charge in [-0.25, -0.2) is 0 Å². The predicted molar refractivity (Wildman–Crippen MR) is 80.0 cm³/mol. The molecule has 0 amide bonds. The Balaban J connectivity index is 2.10. The summed E-state index contributed by atoms with van der Waals surface area (Å²) in [6.07, 6.45) is 0. The highest BCUT2D eigenvalue weighted by molar-refractivity contribution is 6.33. The maximum absolute atomic E-state index is 8.97. The second kappa shape index (κ2) is 7.10. The second-order valence-corrected chi connectivity index (χ2v) is 5.24. The number of anilines is 1. The van der Waals surface area contributed by atoms with E-state index in [2.05, 4.69) is 21.2 Å². The molecule has 2 N–H and O–H groups in total. The van der Waals surface area contributed by atoms with E-state index in [4.69, 9.17) is 16.7 Å². The number of nitrogens with one attached hydrogen (secondary N) is 1. The van der Waals surface area contributed by atoms with Crippen LogP contribution >= 0.6 is 11.6 Å². The Morgan fingerprint density at radius 3 is 2.63 bits per heavy atom. The van der Waals surface area contributed by atoms with Crippen molar-refractivity contribution >= 4 is 17.3 Å². The van der Waals surface area contributed by atoms with Crippen LogP contribution in [-0.4, -0.2) is 56.4 Å². The molecule has 1 aromatic rings. The van der Waals surface area contributed by atoms with Crippen LogP contribution in [0.3, 0.4) is 0 Å². The van der Waals surface area contributed by atoms with E-state index >= 15 is 0 Å². The normalized spacial score (nSPS) is 16.9. The largest absolute Gasteiger partial charge is 0.395 e. The third kappa shape index (κ3) is 3.60. The minimum atomic E-state index is 0.233. The number of para-hydroxylation sites is 1. The zero-order valence-corrected chi connectivity index (χ0v) is 12.2. The van der Waals surface area contributed by atoms with Crippen molar-refractivity contribution in [1.82, 2.24) is 10.2 Å². The monoisotopic (exact) mass is 283 g/mol. The molecule has 0 spiro atoms. The van der Waals surface area contributed by atoms with Gasteiger partial charge in [0.2, 0.25) is 0 Å². The van der Waals surface area contributed by atoms with Crippen LogP contribution in [0.4, 0.5) is 5.69 Å². The summed E-state index contributed by atoms with van der Waals surface area (Å²) in [5, 5.41) is 13.0. The van der Waals surface area contributed by atoms with Crippen LogP contribution in [0.2, 0.25) is 5.02 Å². The SMILES string of the molecule is CNCc1cccc(Cl)c1N1CCN(CCO)CC1. The van der Waals surface area contributed by atoms with Crippen LogP contribution in [0.15, 0.2) is 18.2 Å². The molecular weight excluding hydrogens is 262 g/mol. The molecular formula is C14H22ClN3O. The number of nitrogens with zero attached hydrogens (tertiary/aromatic N) is 2. The van der Waals surface area contributed by atoms with Crippen molar-refractivity contribution in [3.63, 3.8) is 0 Å². The van der Waals surface area contributed by atoms with Gasteiger partial charge >= 0.3 is 0 Å². The first-order valence-electron chi connectivity index (χ1n) is 6.76. The van der Waals surface area contributed by atoms with Crippen LogP contribution < -0.4 is 10.2 Å². The fourth-order valence-corrected chi connectivity index (χ4v) is 2.90. The van der Waals surface area contributed by atoms with E-state index in [1.165, 1.54) is 5.56 Å². The van der Waals surface area contributed by atoms with Gasteiger partial charge in [-0.3, -0.25) is 4.90 Å². The number of hydrogen-bond acceptors (Lipinski definition) is 4. The van der Waals surface area contributed by atoms with Crippen molar-refractivity contribution in [3.05, 3.63) is 28.8 Å². The van der Waals surface area contributed by atoms with E-state index in [-0.39, 0.29) is 6.61 Å². The number of rotatable bonds is 5. The molecule has 0 atom stereocenters. The Labute approximate surface area is 120 Å². The van der Waals surface area contributed by atoms with E-state index < -0.39 is 0 Å². The van der Waals surface area contributed by atoms with Crippen molar-refractivity contribution in [1.29, 1.82) is 0 Å². The number of hydrogen-bond donors (Lipinski definition) is 2. The molecule has 1 fully saturated rings. The van der Waals surface area contributed by atoms with Crippen LogP contribution in [0.1, 0.15) is 5.56 Å². The average molecular weight is 284 g/mol. The maximum atomic E-state index is 8.97. The van der Waals surface area contributed by atoms with E-state index in [1.807, 2.05) is 19.2 Å². The van der Waals surface area contributed by atoms with Gasteiger partial charge in [0.1, 0.15) is 0 Å². The lowest BCUT2D eigenvalue weighted by atomic mass is 10.1. The Hall–Kier alpha value is -0.810. The molecule has 19 heavy (non-hydrogen) atoms. The Morgan fingerprint density at radius 2 is 2.00 bits per heavy atom. The van der Waals surface area contributed by atoms with Gasteiger partial charge in [-0.15, -0.1) is 0 Å². The van der Waals surface area contributed by atoms with E-state index in [1.54, 1.807) is 0 Å². The van der Waals surface area contributed by atoms with Crippen LogP contribution in [0.5, 0.6) is 0 Å². The van der Waals surface area contributed by atoms with Crippen molar-refractivity contribution in [2.45, 2.75) is 6.54 Å². The van der Waals surface area contributed by atoms with Gasteiger partial charge in [-0.1, -0.05) is 23.7 Å². The number of β-amino-alcohol motifs (C(OH)–C–C–N with tert-alkyl or cyclic N) is 1. The maximum Gasteiger partial charge on any atom is 0.0642 e. The highest BCUT2D eigenvalue weighted by Crippen LogP contribution is 2.30. The summed E-state index contributed by atoms with van der Waals surface area (Å²) in [7, 11) is 1.95. The zero-order valence-electron chi connectivity index (χ0n) is 11.4. The summed E-state index contributed by atoms with van der Waals surface area (Å²) in [5.41, 5.74) is 2.40. The van der Waals surface area contributed by atoms with Crippen molar-refractivity contribution < 1.29 is 5.11 Å². The minimum absolute atomic E-state index is 0.233. The lowest BCUT2D eigenvalue weighted by molar-refractivity contribution is 0.188. The summed E-state index contributed by atoms with van der Waals surface area (Å²) in [4.78, 5) is 4.63. The number of piperazine rings is 1. The summed E-state index contributed by atoms with van der Waals surface area (Å²) in [5.74, 6) is 0. The molecule has 1 aliphatic rings. The van der Waals surface area contributed by atoms with Crippen molar-refractivity contribution in [2.75, 3.05) is 51.3 Å². The Morgan fingerprint density at radius 1 is 1.26 bits per heavy atom.